The fourth-order valence-corrected chi connectivity index (χ4v) is 1.58. The Morgan fingerprint density at radius 3 is 1.66 bits per heavy atom. The standard InChI is InChI=1S/C13H20O5.6CO.2Co/c1-5-9-6-7-10(14)11(17-9)8-16-12(15)18-13(2,3)4;6*1-2;;/h1,9-11,14H,6-8H2,2-4H3;;;;;;;;/t9-,10-,11+;;;;;;;;/m1......../s1. The molecule has 1 aliphatic rings. The van der Waals surface area contributed by atoms with Crippen LogP contribution in [0.5, 0.6) is 0 Å². The number of aliphatic hydroxyl groups excluding tert-OH is 1. The molecular formula is C19H20Co2O11. The molecule has 11 nitrogen and oxygen atoms in total. The molecular weight excluding hydrogens is 522 g/mol. The van der Waals surface area contributed by atoms with Crippen LogP contribution in [-0.4, -0.2) is 41.8 Å². The minimum absolute atomic E-state index is 0. The van der Waals surface area contributed by atoms with Gasteiger partial charge in [0, 0.05) is 33.6 Å². The molecule has 13 heteroatoms. The normalized spacial score (nSPS) is 16.3. The molecule has 1 rings (SSSR count). The minimum atomic E-state index is -0.777. The fourth-order valence-electron chi connectivity index (χ4n) is 1.58. The molecule has 0 amide bonds. The van der Waals surface area contributed by atoms with Crippen molar-refractivity contribution in [3.05, 3.63) is 39.9 Å². The molecule has 0 aromatic carbocycles. The molecule has 1 N–H and O–H groups in total. The van der Waals surface area contributed by atoms with Crippen molar-refractivity contribution in [3.63, 3.8) is 0 Å². The minimum Gasteiger partial charge on any atom is 0 e. The summed E-state index contributed by atoms with van der Waals surface area (Å²) in [7, 11) is 0. The van der Waals surface area contributed by atoms with E-state index in [0.717, 1.165) is 0 Å². The van der Waals surface area contributed by atoms with Crippen LogP contribution in [0.3, 0.4) is 0 Å². The van der Waals surface area contributed by atoms with Crippen molar-refractivity contribution in [2.75, 3.05) is 6.61 Å². The van der Waals surface area contributed by atoms with Crippen LogP contribution in [0, 0.1) is 52.2 Å². The van der Waals surface area contributed by atoms with E-state index in [9.17, 15) is 9.90 Å². The van der Waals surface area contributed by atoms with Crippen LogP contribution in [0.15, 0.2) is 0 Å². The molecule has 1 aliphatic heterocycles. The predicted molar refractivity (Wildman–Crippen MR) is 88.5 cm³/mol. The molecule has 180 valence electrons. The smallest absolute Gasteiger partial charge is 0 e. The van der Waals surface area contributed by atoms with Gasteiger partial charge in [-0.1, -0.05) is 5.92 Å². The van der Waals surface area contributed by atoms with E-state index in [-0.39, 0.29) is 46.3 Å². The third-order valence-corrected chi connectivity index (χ3v) is 2.43. The second-order valence-corrected chi connectivity index (χ2v) is 5.25. The van der Waals surface area contributed by atoms with Crippen LogP contribution < -0.4 is 0 Å². The first-order valence-corrected chi connectivity index (χ1v) is 7.19. The molecule has 0 unspecified atom stereocenters. The van der Waals surface area contributed by atoms with Crippen molar-refractivity contribution in [1.82, 2.24) is 0 Å². The van der Waals surface area contributed by atoms with Crippen molar-refractivity contribution in [2.45, 2.75) is 57.5 Å². The van der Waals surface area contributed by atoms with Gasteiger partial charge in [0.15, 0.2) is 0 Å². The summed E-state index contributed by atoms with van der Waals surface area (Å²) in [6.07, 6.45) is 4.04. The van der Waals surface area contributed by atoms with Crippen molar-refractivity contribution in [2.24, 2.45) is 0 Å². The molecule has 0 aliphatic carbocycles. The Labute approximate surface area is 208 Å². The fraction of sp³-hybridized carbons (Fsp3) is 0.526. The van der Waals surface area contributed by atoms with Crippen LogP contribution in [0.25, 0.3) is 0 Å². The Bertz CT molecular complexity index is 520. The van der Waals surface area contributed by atoms with E-state index < -0.39 is 24.0 Å². The van der Waals surface area contributed by atoms with Gasteiger partial charge in [0.05, 0.1) is 6.10 Å². The van der Waals surface area contributed by atoms with Gasteiger partial charge < -0.3 is 19.3 Å². The number of rotatable bonds is 2. The summed E-state index contributed by atoms with van der Waals surface area (Å²) in [6.45, 7) is 32.2. The first kappa shape index (κ1) is 52.2. The van der Waals surface area contributed by atoms with Crippen molar-refractivity contribution < 1.29 is 85.6 Å². The van der Waals surface area contributed by atoms with Gasteiger partial charge in [0.25, 0.3) is 0 Å². The monoisotopic (exact) mass is 542 g/mol. The molecule has 32 heavy (non-hydrogen) atoms. The Morgan fingerprint density at radius 2 is 1.34 bits per heavy atom. The quantitative estimate of drug-likeness (QED) is 0.238. The topological polar surface area (TPSA) is 184 Å². The second kappa shape index (κ2) is 43.1. The zero-order valence-corrected chi connectivity index (χ0v) is 19.2. The molecule has 1 saturated heterocycles. The average Bonchev–Trinajstić information content (AvgIpc) is 2.80. The number of hydrogen-bond donors (Lipinski definition) is 1. The van der Waals surface area contributed by atoms with Crippen LogP contribution in [-0.2, 0) is 75.7 Å². The maximum Gasteiger partial charge on any atom is 0 e. The molecule has 0 saturated carbocycles. The Balaban J connectivity index is -0.0000000594. The van der Waals surface area contributed by atoms with Gasteiger partial charge in [0.1, 0.15) is 24.4 Å². The van der Waals surface area contributed by atoms with E-state index in [1.807, 2.05) is 0 Å². The van der Waals surface area contributed by atoms with Crippen molar-refractivity contribution in [1.29, 1.82) is 0 Å². The van der Waals surface area contributed by atoms with Crippen LogP contribution in [0.2, 0.25) is 0 Å². The molecule has 0 bridgehead atoms. The summed E-state index contributed by atoms with van der Waals surface area (Å²) in [5, 5.41) is 9.70. The summed E-state index contributed by atoms with van der Waals surface area (Å²) in [4.78, 5) is 11.3. The van der Waals surface area contributed by atoms with Gasteiger partial charge in [-0.25, -0.2) is 4.79 Å². The van der Waals surface area contributed by atoms with Crippen LogP contribution in [0.4, 0.5) is 4.79 Å². The Hall–Kier alpha value is -1.80. The SMILES string of the molecule is C#C[C@@H]1CC[C@@H](O)[C@H](COC(=O)OC(C)(C)C)O1.[C-]#[O+].[C-]#[O+].[C-]#[O+].[C-]#[O+].[C-]#[O+].[C-]#[O+].[Co].[Co]. The van der Waals surface area contributed by atoms with Gasteiger partial charge in [-0.15, -0.1) is 6.42 Å². The van der Waals surface area contributed by atoms with E-state index in [0.29, 0.717) is 12.8 Å². The zero-order valence-electron chi connectivity index (χ0n) is 17.1. The molecule has 2 radical (unpaired) electrons. The number of terminal acetylenes is 1. The van der Waals surface area contributed by atoms with Gasteiger partial charge in [-0.2, -0.15) is 0 Å². The summed E-state index contributed by atoms with van der Waals surface area (Å²) in [5.41, 5.74) is -0.607. The van der Waals surface area contributed by atoms with Crippen LogP contribution >= 0.6 is 0 Å². The maximum absolute atomic E-state index is 11.3. The molecule has 0 spiro atoms. The van der Waals surface area contributed by atoms with Crippen molar-refractivity contribution >= 4 is 6.16 Å². The number of hydrogen-bond acceptors (Lipinski definition) is 5. The van der Waals surface area contributed by atoms with Gasteiger partial charge in [0.2, 0.25) is 0 Å². The van der Waals surface area contributed by atoms with Gasteiger partial charge in [-0.05, 0) is 33.6 Å². The van der Waals surface area contributed by atoms with Gasteiger partial charge >= 0.3 is 74.0 Å². The Morgan fingerprint density at radius 1 is 0.969 bits per heavy atom. The number of carbonyl (C=O) groups excluding carboxylic acids is 1. The maximum atomic E-state index is 11.3. The molecule has 0 aromatic heterocycles. The first-order chi connectivity index (χ1) is 14.3. The average molecular weight is 542 g/mol. The Kier molecular flexibility index (Phi) is 70.4. The third-order valence-electron chi connectivity index (χ3n) is 2.43. The summed E-state index contributed by atoms with van der Waals surface area (Å²) in [5.74, 6) is 2.48. The van der Waals surface area contributed by atoms with E-state index in [1.165, 1.54) is 0 Å². The molecule has 1 heterocycles. The summed E-state index contributed by atoms with van der Waals surface area (Å²) >= 11 is 0. The van der Waals surface area contributed by atoms with Crippen LogP contribution in [0.1, 0.15) is 33.6 Å². The summed E-state index contributed by atoms with van der Waals surface area (Å²) in [6, 6.07) is 0. The van der Waals surface area contributed by atoms with E-state index in [1.54, 1.807) is 20.8 Å². The second-order valence-electron chi connectivity index (χ2n) is 5.25. The predicted octanol–water partition coefficient (Wildman–Crippen LogP) is 1.25. The molecule has 0 aromatic rings. The summed E-state index contributed by atoms with van der Waals surface area (Å²) < 4.78 is 60.3. The molecule has 3 atom stereocenters. The van der Waals surface area contributed by atoms with Gasteiger partial charge in [-0.3, -0.25) is 0 Å². The van der Waals surface area contributed by atoms with E-state index >= 15 is 0 Å². The van der Waals surface area contributed by atoms with Crippen molar-refractivity contribution in [3.8, 4) is 12.3 Å². The van der Waals surface area contributed by atoms with E-state index in [4.69, 9.17) is 48.5 Å². The first-order valence-electron chi connectivity index (χ1n) is 7.19. The number of aliphatic hydroxyl groups is 1. The number of carbonyl (C=O) groups is 1. The third kappa shape index (κ3) is 38.8. The number of ether oxygens (including phenoxy) is 3. The van der Waals surface area contributed by atoms with E-state index in [2.05, 4.69) is 45.8 Å². The largest absolute Gasteiger partial charge is 0 e. The molecule has 1 fully saturated rings. The zero-order chi connectivity index (χ0) is 25.8.